The molecule has 0 aromatic carbocycles. The summed E-state index contributed by atoms with van der Waals surface area (Å²) in [6, 6.07) is -0.628. The number of esters is 1. The molecule has 0 aliphatic rings. The van der Waals surface area contributed by atoms with Crippen LogP contribution in [0.4, 0.5) is 0 Å². The maximum Gasteiger partial charge on any atom is 0.305 e. The van der Waals surface area contributed by atoms with Crippen molar-refractivity contribution < 1.29 is 24.5 Å². The Morgan fingerprint density at radius 2 is 0.538 bits per heavy atom. The minimum atomic E-state index is -0.845. The highest BCUT2D eigenvalue weighted by molar-refractivity contribution is 5.76. The Morgan fingerprint density at radius 1 is 0.301 bits per heavy atom. The van der Waals surface area contributed by atoms with Crippen LogP contribution in [0.25, 0.3) is 0 Å². The SMILES string of the molecule is CCCCCCCCC/C=C\CCCCCCCCCC(=O)OCCCCCCCCCCCCC/C=C\C/C=C\CCCCCCCCCCCCCCCCCCCC(=O)NC(CO)C(O)/C=C/CCCCCCCCCCCCCCCCCCCCCCC. The van der Waals surface area contributed by atoms with Crippen LogP contribution in [-0.2, 0) is 14.3 Å². The normalized spacial score (nSPS) is 12.7. The van der Waals surface area contributed by atoms with Crippen LogP contribution < -0.4 is 5.32 Å². The molecule has 6 nitrogen and oxygen atoms in total. The van der Waals surface area contributed by atoms with Gasteiger partial charge in [-0.15, -0.1) is 0 Å². The molecule has 6 heteroatoms. The molecule has 0 radical (unpaired) electrons. The molecule has 0 rings (SSSR count). The van der Waals surface area contributed by atoms with Crippen molar-refractivity contribution in [3.63, 3.8) is 0 Å². The highest BCUT2D eigenvalue weighted by atomic mass is 16.5. The van der Waals surface area contributed by atoms with Gasteiger partial charge in [0.15, 0.2) is 0 Å². The van der Waals surface area contributed by atoms with E-state index in [2.05, 4.69) is 55.6 Å². The first-order chi connectivity index (χ1) is 46.0. The zero-order chi connectivity index (χ0) is 67.0. The number of nitrogens with one attached hydrogen (secondary N) is 1. The van der Waals surface area contributed by atoms with Gasteiger partial charge in [0.25, 0.3) is 0 Å². The molecule has 0 fully saturated rings. The lowest BCUT2D eigenvalue weighted by molar-refractivity contribution is -0.143. The predicted molar refractivity (Wildman–Crippen MR) is 412 cm³/mol. The van der Waals surface area contributed by atoms with E-state index >= 15 is 0 Å². The molecule has 0 spiro atoms. The zero-order valence-corrected chi connectivity index (χ0v) is 63.0. The summed E-state index contributed by atoms with van der Waals surface area (Å²) in [5, 5.41) is 23.3. The first kappa shape index (κ1) is 90.8. The van der Waals surface area contributed by atoms with E-state index < -0.39 is 12.1 Å². The fraction of sp³-hybridized carbons (Fsp3) is 0.885. The topological polar surface area (TPSA) is 95.9 Å². The van der Waals surface area contributed by atoms with Gasteiger partial charge in [-0.05, 0) is 89.9 Å². The lowest BCUT2D eigenvalue weighted by Gasteiger charge is -2.20. The van der Waals surface area contributed by atoms with Crippen molar-refractivity contribution in [3.05, 3.63) is 48.6 Å². The summed E-state index contributed by atoms with van der Waals surface area (Å²) >= 11 is 0. The van der Waals surface area contributed by atoms with Gasteiger partial charge in [-0.3, -0.25) is 9.59 Å². The van der Waals surface area contributed by atoms with E-state index in [0.29, 0.717) is 19.4 Å². The molecule has 0 aromatic heterocycles. The molecule has 1 amide bonds. The van der Waals surface area contributed by atoms with E-state index in [1.165, 1.54) is 392 Å². The van der Waals surface area contributed by atoms with Gasteiger partial charge in [-0.25, -0.2) is 0 Å². The number of hydrogen-bond donors (Lipinski definition) is 3. The summed E-state index contributed by atoms with van der Waals surface area (Å²) in [6.45, 7) is 4.95. The molecule has 2 atom stereocenters. The highest BCUT2D eigenvalue weighted by Crippen LogP contribution is 2.20. The van der Waals surface area contributed by atoms with Crippen LogP contribution in [0.5, 0.6) is 0 Å². The third kappa shape index (κ3) is 78.7. The Labute approximate surface area is 582 Å². The molecular formula is C87H165NO5. The molecule has 93 heavy (non-hydrogen) atoms. The first-order valence-corrected chi connectivity index (χ1v) is 42.4. The Kier molecular flexibility index (Phi) is 80.3. The van der Waals surface area contributed by atoms with Crippen LogP contribution in [0.1, 0.15) is 470 Å². The highest BCUT2D eigenvalue weighted by Gasteiger charge is 2.18. The molecule has 548 valence electrons. The Morgan fingerprint density at radius 3 is 0.828 bits per heavy atom. The fourth-order valence-electron chi connectivity index (χ4n) is 13.4. The van der Waals surface area contributed by atoms with Gasteiger partial charge in [0.1, 0.15) is 0 Å². The van der Waals surface area contributed by atoms with Crippen molar-refractivity contribution in [2.24, 2.45) is 0 Å². The van der Waals surface area contributed by atoms with Crippen molar-refractivity contribution in [2.75, 3.05) is 13.2 Å². The summed E-state index contributed by atoms with van der Waals surface area (Å²) in [6.07, 6.45) is 110. The van der Waals surface area contributed by atoms with Gasteiger partial charge in [0, 0.05) is 12.8 Å². The molecule has 0 saturated carbocycles. The second kappa shape index (κ2) is 82.2. The zero-order valence-electron chi connectivity index (χ0n) is 63.0. The summed E-state index contributed by atoms with van der Waals surface area (Å²) in [5.41, 5.74) is 0. The molecule has 2 unspecified atom stereocenters. The summed E-state index contributed by atoms with van der Waals surface area (Å²) in [4.78, 5) is 24.7. The average molecular weight is 1310 g/mol. The lowest BCUT2D eigenvalue weighted by Crippen LogP contribution is -2.45. The summed E-state index contributed by atoms with van der Waals surface area (Å²) in [5.74, 6) is -0.0465. The van der Waals surface area contributed by atoms with Crippen molar-refractivity contribution in [2.45, 2.75) is 482 Å². The van der Waals surface area contributed by atoms with Gasteiger partial charge < -0.3 is 20.3 Å². The number of ether oxygens (including phenoxy) is 1. The number of carbonyl (C=O) groups excluding carboxylic acids is 2. The molecule has 0 aliphatic carbocycles. The fourth-order valence-corrected chi connectivity index (χ4v) is 13.4. The minimum absolute atomic E-state index is 0.0144. The second-order valence-electron chi connectivity index (χ2n) is 29.2. The van der Waals surface area contributed by atoms with E-state index in [-0.39, 0.29) is 18.5 Å². The summed E-state index contributed by atoms with van der Waals surface area (Å²) in [7, 11) is 0. The smallest absolute Gasteiger partial charge is 0.305 e. The van der Waals surface area contributed by atoms with Crippen molar-refractivity contribution >= 4 is 11.9 Å². The maximum absolute atomic E-state index is 12.6. The number of aliphatic hydroxyl groups is 2. The number of aliphatic hydroxyl groups excluding tert-OH is 2. The van der Waals surface area contributed by atoms with E-state index in [1.807, 2.05) is 6.08 Å². The minimum Gasteiger partial charge on any atom is -0.466 e. The molecule has 0 aromatic rings. The van der Waals surface area contributed by atoms with Gasteiger partial charge >= 0.3 is 5.97 Å². The summed E-state index contributed by atoms with van der Waals surface area (Å²) < 4.78 is 5.51. The largest absolute Gasteiger partial charge is 0.466 e. The Balaban J connectivity index is 3.39. The van der Waals surface area contributed by atoms with Crippen LogP contribution in [0.3, 0.4) is 0 Å². The van der Waals surface area contributed by atoms with Gasteiger partial charge in [-0.2, -0.15) is 0 Å². The second-order valence-corrected chi connectivity index (χ2v) is 29.2. The van der Waals surface area contributed by atoms with E-state index in [0.717, 1.165) is 51.4 Å². The molecule has 0 aliphatic heterocycles. The Hall–Kier alpha value is -2.18. The van der Waals surface area contributed by atoms with Crippen LogP contribution in [0.15, 0.2) is 48.6 Å². The Bertz CT molecular complexity index is 1550. The standard InChI is InChI=1S/C87H165NO5/c1-3-5-7-9-11-13-15-17-19-21-23-24-38-41-44-47-51-55-59-63-67-71-75-79-85(90)84(83-89)88-86(91)80-76-72-68-64-60-56-52-48-45-42-39-36-34-32-30-28-26-25-27-29-31-33-35-37-40-43-46-50-54-58-62-66-70-74-78-82-93-87(92)81-77-73-69-65-61-57-53-49-22-20-18-16-14-12-10-8-6-4-2/h20,22,27,29,33,35,75,79,84-85,89-90H,3-19,21,23-26,28,30-32,34,36-74,76-78,80-83H2,1-2H3,(H,88,91)/b22-20-,29-27-,35-33-,79-75+. The molecule has 0 heterocycles. The van der Waals surface area contributed by atoms with Crippen molar-refractivity contribution in [1.82, 2.24) is 5.32 Å². The van der Waals surface area contributed by atoms with Gasteiger partial charge in [-0.1, -0.05) is 416 Å². The number of amides is 1. The van der Waals surface area contributed by atoms with Crippen LogP contribution in [-0.4, -0.2) is 47.4 Å². The molecule has 0 bridgehead atoms. The third-order valence-corrected chi connectivity index (χ3v) is 19.8. The van der Waals surface area contributed by atoms with Crippen LogP contribution in [0, 0.1) is 0 Å². The van der Waals surface area contributed by atoms with Gasteiger partial charge in [0.05, 0.1) is 25.4 Å². The van der Waals surface area contributed by atoms with E-state index in [1.54, 1.807) is 6.08 Å². The quantitative estimate of drug-likeness (QED) is 0.0320. The maximum atomic E-state index is 12.6. The number of carbonyl (C=O) groups is 2. The third-order valence-electron chi connectivity index (χ3n) is 19.8. The number of allylic oxidation sites excluding steroid dienone is 7. The van der Waals surface area contributed by atoms with Crippen molar-refractivity contribution in [3.8, 4) is 0 Å². The van der Waals surface area contributed by atoms with Crippen molar-refractivity contribution in [1.29, 1.82) is 0 Å². The molecule has 3 N–H and O–H groups in total. The van der Waals surface area contributed by atoms with E-state index in [9.17, 15) is 19.8 Å². The molecular weight excluding hydrogens is 1140 g/mol. The average Bonchev–Trinajstić information content (AvgIpc) is 3.72. The first-order valence-electron chi connectivity index (χ1n) is 42.4. The lowest BCUT2D eigenvalue weighted by atomic mass is 10.0. The van der Waals surface area contributed by atoms with Gasteiger partial charge in [0.2, 0.25) is 5.91 Å². The van der Waals surface area contributed by atoms with E-state index in [4.69, 9.17) is 4.74 Å². The predicted octanol–water partition coefficient (Wildman–Crippen LogP) is 28.3. The monoisotopic (exact) mass is 1300 g/mol. The number of unbranched alkanes of at least 4 members (excludes halogenated alkanes) is 63. The van der Waals surface area contributed by atoms with Crippen LogP contribution in [0.2, 0.25) is 0 Å². The van der Waals surface area contributed by atoms with Crippen LogP contribution >= 0.6 is 0 Å². The molecule has 0 saturated heterocycles. The number of hydrogen-bond acceptors (Lipinski definition) is 5. The number of rotatable bonds is 80.